The third kappa shape index (κ3) is 5.71. The average molecular weight is 342 g/mol. The van der Waals surface area contributed by atoms with E-state index in [1.165, 1.54) is 0 Å². The third-order valence-electron chi connectivity index (χ3n) is 3.88. The molecular weight excluding hydrogens is 316 g/mol. The number of aromatic hydroxyl groups is 1. The summed E-state index contributed by atoms with van der Waals surface area (Å²) in [6.45, 7) is 6.59. The highest BCUT2D eigenvalue weighted by molar-refractivity contribution is 5.68. The van der Waals surface area contributed by atoms with Gasteiger partial charge in [-0.1, -0.05) is 24.3 Å². The summed E-state index contributed by atoms with van der Waals surface area (Å²) < 4.78 is 5.47. The summed E-state index contributed by atoms with van der Waals surface area (Å²) in [6, 6.07) is 14.4. The monoisotopic (exact) mass is 342 g/mol. The second-order valence-electron chi connectivity index (χ2n) is 7.04. The first kappa shape index (κ1) is 18.6. The van der Waals surface area contributed by atoms with E-state index in [9.17, 15) is 9.90 Å². The number of anilines is 1. The van der Waals surface area contributed by atoms with Crippen LogP contribution in [0.25, 0.3) is 0 Å². The van der Waals surface area contributed by atoms with Crippen molar-refractivity contribution >= 4 is 11.8 Å². The first-order valence-electron chi connectivity index (χ1n) is 8.32. The summed E-state index contributed by atoms with van der Waals surface area (Å²) in [4.78, 5) is 14.3. The third-order valence-corrected chi connectivity index (χ3v) is 3.88. The lowest BCUT2D eigenvalue weighted by Gasteiger charge is -2.34. The topological polar surface area (TPSA) is 75.8 Å². The zero-order chi connectivity index (χ0) is 18.4. The van der Waals surface area contributed by atoms with E-state index in [2.05, 4.69) is 0 Å². The van der Waals surface area contributed by atoms with Crippen LogP contribution < -0.4 is 5.73 Å². The zero-order valence-electron chi connectivity index (χ0n) is 15.0. The molecule has 0 bridgehead atoms. The normalized spacial score (nSPS) is 11.2. The van der Waals surface area contributed by atoms with Crippen LogP contribution in [-0.2, 0) is 17.8 Å². The second kappa shape index (κ2) is 7.92. The maximum atomic E-state index is 12.6. The predicted molar refractivity (Wildman–Crippen MR) is 99.3 cm³/mol. The fraction of sp³-hybridized carbons (Fsp3) is 0.350. The Morgan fingerprint density at radius 2 is 1.80 bits per heavy atom. The van der Waals surface area contributed by atoms with E-state index in [1.54, 1.807) is 35.2 Å². The van der Waals surface area contributed by atoms with Crippen LogP contribution in [0.2, 0.25) is 0 Å². The van der Waals surface area contributed by atoms with Crippen LogP contribution in [0.5, 0.6) is 5.75 Å². The molecule has 0 aliphatic heterocycles. The predicted octanol–water partition coefficient (Wildman–Crippen LogP) is 3.95. The molecule has 0 saturated carbocycles. The standard InChI is InChI=1S/C20H26N2O3/c1-20(2,3)22(11-10-15-6-5-9-18(23)13-15)19(24)25-14-16-7-4-8-17(21)12-16/h4-9,12-13,23H,10-11,14,21H2,1-3H3. The Morgan fingerprint density at radius 3 is 2.44 bits per heavy atom. The van der Waals surface area contributed by atoms with Gasteiger partial charge in [0.1, 0.15) is 12.4 Å². The minimum absolute atomic E-state index is 0.183. The lowest BCUT2D eigenvalue weighted by Crippen LogP contribution is -2.46. The number of amides is 1. The molecule has 0 saturated heterocycles. The van der Waals surface area contributed by atoms with Crippen molar-refractivity contribution in [1.82, 2.24) is 4.90 Å². The van der Waals surface area contributed by atoms with Crippen molar-refractivity contribution in [3.05, 3.63) is 59.7 Å². The maximum absolute atomic E-state index is 12.6. The number of nitrogens with zero attached hydrogens (tertiary/aromatic N) is 1. The molecule has 0 aliphatic rings. The summed E-state index contributed by atoms with van der Waals surface area (Å²) in [5.41, 5.74) is 7.85. The number of phenolic OH excluding ortho intramolecular Hbond substituents is 1. The van der Waals surface area contributed by atoms with Gasteiger partial charge in [-0.3, -0.25) is 0 Å². The molecule has 2 aromatic carbocycles. The first-order valence-corrected chi connectivity index (χ1v) is 8.32. The molecule has 0 spiro atoms. The van der Waals surface area contributed by atoms with Crippen LogP contribution in [0, 0.1) is 0 Å². The average Bonchev–Trinajstić information content (AvgIpc) is 2.52. The highest BCUT2D eigenvalue weighted by Crippen LogP contribution is 2.18. The van der Waals surface area contributed by atoms with Crippen molar-refractivity contribution in [2.24, 2.45) is 0 Å². The molecule has 134 valence electrons. The minimum Gasteiger partial charge on any atom is -0.508 e. The highest BCUT2D eigenvalue weighted by atomic mass is 16.6. The molecule has 0 aromatic heterocycles. The molecule has 25 heavy (non-hydrogen) atoms. The van der Waals surface area contributed by atoms with Crippen molar-refractivity contribution < 1.29 is 14.6 Å². The van der Waals surface area contributed by atoms with E-state index in [-0.39, 0.29) is 24.0 Å². The van der Waals surface area contributed by atoms with Gasteiger partial charge in [0, 0.05) is 17.8 Å². The Kier molecular flexibility index (Phi) is 5.91. The molecule has 5 heteroatoms. The Labute approximate surface area is 149 Å². The fourth-order valence-electron chi connectivity index (χ4n) is 2.56. The van der Waals surface area contributed by atoms with Crippen molar-refractivity contribution in [1.29, 1.82) is 0 Å². The molecule has 0 radical (unpaired) electrons. The molecule has 1 amide bonds. The number of ether oxygens (including phenoxy) is 1. The largest absolute Gasteiger partial charge is 0.508 e. The molecule has 3 N–H and O–H groups in total. The molecule has 0 aliphatic carbocycles. The fourth-order valence-corrected chi connectivity index (χ4v) is 2.56. The Bertz CT molecular complexity index is 723. The number of carbonyl (C=O) groups is 1. The van der Waals surface area contributed by atoms with Crippen LogP contribution in [0.3, 0.4) is 0 Å². The lowest BCUT2D eigenvalue weighted by molar-refractivity contribution is 0.0634. The van der Waals surface area contributed by atoms with Gasteiger partial charge in [0.25, 0.3) is 0 Å². The van der Waals surface area contributed by atoms with Gasteiger partial charge in [-0.2, -0.15) is 0 Å². The minimum atomic E-state index is -0.371. The van der Waals surface area contributed by atoms with E-state index in [4.69, 9.17) is 10.5 Å². The van der Waals surface area contributed by atoms with Crippen LogP contribution in [0.4, 0.5) is 10.5 Å². The van der Waals surface area contributed by atoms with Gasteiger partial charge in [-0.25, -0.2) is 4.79 Å². The van der Waals surface area contributed by atoms with Gasteiger partial charge in [-0.15, -0.1) is 0 Å². The number of hydrogen-bond acceptors (Lipinski definition) is 4. The summed E-state index contributed by atoms with van der Waals surface area (Å²) in [7, 11) is 0. The van der Waals surface area contributed by atoms with Crippen molar-refractivity contribution in [3.63, 3.8) is 0 Å². The van der Waals surface area contributed by atoms with Crippen LogP contribution in [-0.4, -0.2) is 28.2 Å². The quantitative estimate of drug-likeness (QED) is 0.807. The second-order valence-corrected chi connectivity index (χ2v) is 7.04. The van der Waals surface area contributed by atoms with Gasteiger partial charge in [0.05, 0.1) is 0 Å². The number of carbonyl (C=O) groups excluding carboxylic acids is 1. The van der Waals surface area contributed by atoms with Crippen LogP contribution in [0.1, 0.15) is 31.9 Å². The van der Waals surface area contributed by atoms with Crippen molar-refractivity contribution in [3.8, 4) is 5.75 Å². The lowest BCUT2D eigenvalue weighted by atomic mass is 10.0. The molecule has 5 nitrogen and oxygen atoms in total. The summed E-state index contributed by atoms with van der Waals surface area (Å²) in [5, 5.41) is 9.56. The molecule has 0 fully saturated rings. The number of benzene rings is 2. The van der Waals surface area contributed by atoms with Crippen LogP contribution in [0.15, 0.2) is 48.5 Å². The van der Waals surface area contributed by atoms with Gasteiger partial charge < -0.3 is 20.5 Å². The van der Waals surface area contributed by atoms with E-state index in [0.717, 1.165) is 11.1 Å². The van der Waals surface area contributed by atoms with Crippen molar-refractivity contribution in [2.75, 3.05) is 12.3 Å². The molecule has 2 aromatic rings. The molecule has 0 heterocycles. The Balaban J connectivity index is 2.00. The zero-order valence-corrected chi connectivity index (χ0v) is 15.0. The molecular formula is C20H26N2O3. The molecule has 2 rings (SSSR count). The van der Waals surface area contributed by atoms with E-state index >= 15 is 0 Å². The van der Waals surface area contributed by atoms with Gasteiger partial charge in [0.15, 0.2) is 0 Å². The number of hydrogen-bond donors (Lipinski definition) is 2. The summed E-state index contributed by atoms with van der Waals surface area (Å²) in [6.07, 6.45) is 0.272. The van der Waals surface area contributed by atoms with Gasteiger partial charge >= 0.3 is 6.09 Å². The maximum Gasteiger partial charge on any atom is 0.410 e. The van der Waals surface area contributed by atoms with Crippen LogP contribution >= 0.6 is 0 Å². The first-order chi connectivity index (χ1) is 11.8. The number of phenols is 1. The van der Waals surface area contributed by atoms with E-state index in [1.807, 2.05) is 39.0 Å². The number of nitrogen functional groups attached to an aromatic ring is 1. The van der Waals surface area contributed by atoms with Gasteiger partial charge in [-0.05, 0) is 62.6 Å². The molecule has 0 unspecified atom stereocenters. The number of nitrogens with two attached hydrogens (primary N) is 1. The Hall–Kier alpha value is -2.69. The highest BCUT2D eigenvalue weighted by Gasteiger charge is 2.27. The van der Waals surface area contributed by atoms with Gasteiger partial charge in [0.2, 0.25) is 0 Å². The number of rotatable bonds is 5. The summed E-state index contributed by atoms with van der Waals surface area (Å²) >= 11 is 0. The van der Waals surface area contributed by atoms with Crippen molar-refractivity contribution in [2.45, 2.75) is 39.3 Å². The summed E-state index contributed by atoms with van der Waals surface area (Å²) in [5.74, 6) is 0.226. The molecule has 0 atom stereocenters. The smallest absolute Gasteiger partial charge is 0.410 e. The SMILES string of the molecule is CC(C)(C)N(CCc1cccc(O)c1)C(=O)OCc1cccc(N)c1. The van der Waals surface area contributed by atoms with E-state index in [0.29, 0.717) is 18.7 Å². The van der Waals surface area contributed by atoms with E-state index < -0.39 is 0 Å². The Morgan fingerprint density at radius 1 is 1.12 bits per heavy atom.